The van der Waals surface area contributed by atoms with E-state index in [1.165, 1.54) is 22.3 Å². The van der Waals surface area contributed by atoms with Gasteiger partial charge < -0.3 is 4.74 Å². The van der Waals surface area contributed by atoms with Crippen LogP contribution < -0.4 is 4.74 Å². The van der Waals surface area contributed by atoms with Crippen LogP contribution in [-0.2, 0) is 0 Å². The highest BCUT2D eigenvalue weighted by molar-refractivity contribution is 5.71. The maximum Gasteiger partial charge on any atom is 0.119 e. The van der Waals surface area contributed by atoms with Gasteiger partial charge in [0.2, 0.25) is 0 Å². The van der Waals surface area contributed by atoms with Crippen LogP contribution in [0.25, 0.3) is 22.3 Å². The fourth-order valence-electron chi connectivity index (χ4n) is 2.42. The van der Waals surface area contributed by atoms with Gasteiger partial charge in [0.15, 0.2) is 0 Å². The van der Waals surface area contributed by atoms with Gasteiger partial charge in [-0.2, -0.15) is 0 Å². The van der Waals surface area contributed by atoms with E-state index in [1.54, 1.807) is 0 Å². The second-order valence-electron chi connectivity index (χ2n) is 4.90. The Hall–Kier alpha value is -2.54. The molecule has 0 atom stereocenters. The van der Waals surface area contributed by atoms with Crippen LogP contribution in [0, 0.1) is 0 Å². The summed E-state index contributed by atoms with van der Waals surface area (Å²) in [5.41, 5.74) is 4.87. The zero-order chi connectivity index (χ0) is 14.5. The monoisotopic (exact) mass is 274 g/mol. The molecule has 0 saturated carbocycles. The van der Waals surface area contributed by atoms with Crippen LogP contribution in [0.15, 0.2) is 78.9 Å². The first-order valence-electron chi connectivity index (χ1n) is 7.25. The molecule has 0 spiro atoms. The SMILES string of the molecule is CCOc1cccc(-c2ccc(-c3ccccc3)cc2)c1. The van der Waals surface area contributed by atoms with Crippen LogP contribution in [0.1, 0.15) is 6.92 Å². The van der Waals surface area contributed by atoms with Crippen molar-refractivity contribution in [2.75, 3.05) is 6.61 Å². The molecular weight excluding hydrogens is 256 g/mol. The van der Waals surface area contributed by atoms with E-state index in [0.29, 0.717) is 6.61 Å². The van der Waals surface area contributed by atoms with Gasteiger partial charge >= 0.3 is 0 Å². The van der Waals surface area contributed by atoms with Crippen molar-refractivity contribution in [1.82, 2.24) is 0 Å². The predicted octanol–water partition coefficient (Wildman–Crippen LogP) is 5.42. The molecule has 0 bridgehead atoms. The summed E-state index contributed by atoms with van der Waals surface area (Å²) < 4.78 is 5.56. The summed E-state index contributed by atoms with van der Waals surface area (Å²) in [6, 6.07) is 27.3. The molecule has 0 heterocycles. The van der Waals surface area contributed by atoms with Crippen LogP contribution in [-0.4, -0.2) is 6.61 Å². The summed E-state index contributed by atoms with van der Waals surface area (Å²) in [6.07, 6.45) is 0. The van der Waals surface area contributed by atoms with Gasteiger partial charge in [0, 0.05) is 0 Å². The molecule has 3 rings (SSSR count). The first-order chi connectivity index (χ1) is 10.4. The molecule has 0 saturated heterocycles. The normalized spacial score (nSPS) is 10.3. The molecule has 0 fully saturated rings. The number of ether oxygens (including phenoxy) is 1. The van der Waals surface area contributed by atoms with Gasteiger partial charge in [0.05, 0.1) is 6.61 Å². The topological polar surface area (TPSA) is 9.23 Å². The first-order valence-corrected chi connectivity index (χ1v) is 7.25. The molecule has 3 aromatic rings. The minimum Gasteiger partial charge on any atom is -0.494 e. The Morgan fingerprint density at radius 2 is 1.19 bits per heavy atom. The molecule has 0 unspecified atom stereocenters. The van der Waals surface area contributed by atoms with Gasteiger partial charge in [-0.1, -0.05) is 66.7 Å². The lowest BCUT2D eigenvalue weighted by Gasteiger charge is -2.07. The highest BCUT2D eigenvalue weighted by Crippen LogP contribution is 2.27. The summed E-state index contributed by atoms with van der Waals surface area (Å²) in [6.45, 7) is 2.69. The maximum absolute atomic E-state index is 5.56. The lowest BCUT2D eigenvalue weighted by Crippen LogP contribution is -1.91. The van der Waals surface area contributed by atoms with Crippen molar-refractivity contribution in [3.8, 4) is 28.0 Å². The largest absolute Gasteiger partial charge is 0.494 e. The quantitative estimate of drug-likeness (QED) is 0.617. The Bertz CT molecular complexity index is 699. The molecule has 0 amide bonds. The minimum absolute atomic E-state index is 0.691. The van der Waals surface area contributed by atoms with Crippen LogP contribution >= 0.6 is 0 Å². The van der Waals surface area contributed by atoms with E-state index in [-0.39, 0.29) is 0 Å². The van der Waals surface area contributed by atoms with Crippen molar-refractivity contribution in [1.29, 1.82) is 0 Å². The standard InChI is InChI=1S/C20H18O/c1-2-21-20-10-6-9-19(15-20)18-13-11-17(12-14-18)16-7-4-3-5-8-16/h3-15H,2H2,1H3. The molecule has 0 aliphatic rings. The van der Waals surface area contributed by atoms with Crippen molar-refractivity contribution >= 4 is 0 Å². The summed E-state index contributed by atoms with van der Waals surface area (Å²) in [5.74, 6) is 0.919. The van der Waals surface area contributed by atoms with E-state index < -0.39 is 0 Å². The van der Waals surface area contributed by atoms with Gasteiger partial charge in [-0.25, -0.2) is 0 Å². The zero-order valence-electron chi connectivity index (χ0n) is 12.1. The van der Waals surface area contributed by atoms with Crippen LogP contribution in [0.3, 0.4) is 0 Å². The maximum atomic E-state index is 5.56. The minimum atomic E-state index is 0.691. The molecule has 3 aromatic carbocycles. The third-order valence-corrected chi connectivity index (χ3v) is 3.47. The molecular formula is C20H18O. The van der Waals surface area contributed by atoms with E-state index >= 15 is 0 Å². The van der Waals surface area contributed by atoms with E-state index in [4.69, 9.17) is 4.74 Å². The predicted molar refractivity (Wildman–Crippen MR) is 88.5 cm³/mol. The van der Waals surface area contributed by atoms with Crippen molar-refractivity contribution < 1.29 is 4.74 Å². The van der Waals surface area contributed by atoms with E-state index in [1.807, 2.05) is 25.1 Å². The van der Waals surface area contributed by atoms with Crippen LogP contribution in [0.5, 0.6) is 5.75 Å². The number of rotatable bonds is 4. The summed E-state index contributed by atoms with van der Waals surface area (Å²) in [4.78, 5) is 0. The lowest BCUT2D eigenvalue weighted by atomic mass is 10.0. The second kappa shape index (κ2) is 6.27. The average molecular weight is 274 g/mol. The molecule has 0 radical (unpaired) electrons. The Labute approximate surface area is 125 Å². The number of hydrogen-bond donors (Lipinski definition) is 0. The van der Waals surface area contributed by atoms with Gasteiger partial charge in [0.25, 0.3) is 0 Å². The Kier molecular flexibility index (Phi) is 4.02. The summed E-state index contributed by atoms with van der Waals surface area (Å²) in [5, 5.41) is 0. The fourth-order valence-corrected chi connectivity index (χ4v) is 2.42. The molecule has 21 heavy (non-hydrogen) atoms. The highest BCUT2D eigenvalue weighted by atomic mass is 16.5. The van der Waals surface area contributed by atoms with Gasteiger partial charge in [-0.05, 0) is 41.3 Å². The average Bonchev–Trinajstić information content (AvgIpc) is 2.56. The van der Waals surface area contributed by atoms with E-state index in [0.717, 1.165) is 5.75 Å². The highest BCUT2D eigenvalue weighted by Gasteiger charge is 2.01. The molecule has 0 aliphatic carbocycles. The third kappa shape index (κ3) is 3.14. The van der Waals surface area contributed by atoms with Gasteiger partial charge in [0.1, 0.15) is 5.75 Å². The fraction of sp³-hybridized carbons (Fsp3) is 0.100. The first kappa shape index (κ1) is 13.4. The van der Waals surface area contributed by atoms with E-state index in [9.17, 15) is 0 Å². The molecule has 0 aliphatic heterocycles. The Balaban J connectivity index is 1.89. The van der Waals surface area contributed by atoms with Crippen LogP contribution in [0.2, 0.25) is 0 Å². The number of benzene rings is 3. The van der Waals surface area contributed by atoms with Crippen molar-refractivity contribution in [3.63, 3.8) is 0 Å². The molecule has 1 heteroatoms. The zero-order valence-corrected chi connectivity index (χ0v) is 12.1. The molecule has 1 nitrogen and oxygen atoms in total. The van der Waals surface area contributed by atoms with Crippen molar-refractivity contribution in [3.05, 3.63) is 78.9 Å². The lowest BCUT2D eigenvalue weighted by molar-refractivity contribution is 0.340. The van der Waals surface area contributed by atoms with Gasteiger partial charge in [-0.3, -0.25) is 0 Å². The van der Waals surface area contributed by atoms with E-state index in [2.05, 4.69) is 60.7 Å². The molecule has 0 aromatic heterocycles. The Morgan fingerprint density at radius 1 is 0.619 bits per heavy atom. The van der Waals surface area contributed by atoms with Crippen LogP contribution in [0.4, 0.5) is 0 Å². The van der Waals surface area contributed by atoms with Gasteiger partial charge in [-0.15, -0.1) is 0 Å². The molecule has 0 N–H and O–H groups in total. The molecule has 104 valence electrons. The summed E-state index contributed by atoms with van der Waals surface area (Å²) >= 11 is 0. The number of hydrogen-bond acceptors (Lipinski definition) is 1. The smallest absolute Gasteiger partial charge is 0.119 e. The Morgan fingerprint density at radius 3 is 1.86 bits per heavy atom. The van der Waals surface area contributed by atoms with Crippen molar-refractivity contribution in [2.24, 2.45) is 0 Å². The second-order valence-corrected chi connectivity index (χ2v) is 4.90. The third-order valence-electron chi connectivity index (χ3n) is 3.47. The van der Waals surface area contributed by atoms with Crippen molar-refractivity contribution in [2.45, 2.75) is 6.92 Å². The summed E-state index contributed by atoms with van der Waals surface area (Å²) in [7, 11) is 0.